The Labute approximate surface area is 224 Å². The zero-order valence-corrected chi connectivity index (χ0v) is 21.5. The summed E-state index contributed by atoms with van der Waals surface area (Å²) in [6, 6.07) is 7.02. The molecule has 1 aromatic carbocycles. The Morgan fingerprint density at radius 3 is 2.95 bits per heavy atom. The first-order valence-electron chi connectivity index (χ1n) is 12.6. The van der Waals surface area contributed by atoms with Crippen LogP contribution in [0, 0.1) is 5.92 Å². The molecule has 0 radical (unpaired) electrons. The van der Waals surface area contributed by atoms with Crippen LogP contribution in [-0.4, -0.2) is 57.5 Å². The normalized spacial score (nSPS) is 17.9. The molecule has 1 aliphatic heterocycles. The number of rotatable bonds is 10. The molecular formula is C27H29ClF2N4O4. The first-order valence-corrected chi connectivity index (χ1v) is 13.0. The summed E-state index contributed by atoms with van der Waals surface area (Å²) in [4.78, 5) is 22.8. The fourth-order valence-electron chi connectivity index (χ4n) is 5.01. The first-order chi connectivity index (χ1) is 18.3. The number of fused-ring (bicyclic) bond motifs is 1. The SMILES string of the molecule is O=C(NC[C@H](O)CN1CCc2c(ccc(OCc3cnco3)c2Cl)C1)c1ccnc(CC2CC(F)(F)C2)c1. The summed E-state index contributed by atoms with van der Waals surface area (Å²) in [5, 5.41) is 13.9. The van der Waals surface area contributed by atoms with Gasteiger partial charge in [0.1, 0.15) is 12.4 Å². The van der Waals surface area contributed by atoms with Gasteiger partial charge in [0.2, 0.25) is 5.92 Å². The van der Waals surface area contributed by atoms with E-state index in [0.717, 1.165) is 11.1 Å². The van der Waals surface area contributed by atoms with Crippen LogP contribution in [0.5, 0.6) is 5.75 Å². The second-order valence-electron chi connectivity index (χ2n) is 9.99. The number of alkyl halides is 2. The van der Waals surface area contributed by atoms with Gasteiger partial charge in [0.15, 0.2) is 12.2 Å². The number of hydrogen-bond acceptors (Lipinski definition) is 7. The lowest BCUT2D eigenvalue weighted by Gasteiger charge is -2.34. The lowest BCUT2D eigenvalue weighted by atomic mass is 9.78. The molecule has 8 nitrogen and oxygen atoms in total. The van der Waals surface area contributed by atoms with E-state index in [1.807, 2.05) is 12.1 Å². The minimum Gasteiger partial charge on any atom is -0.484 e. The molecule has 5 rings (SSSR count). The van der Waals surface area contributed by atoms with Gasteiger partial charge in [0.25, 0.3) is 5.91 Å². The van der Waals surface area contributed by atoms with Crippen LogP contribution < -0.4 is 10.1 Å². The van der Waals surface area contributed by atoms with Crippen LogP contribution in [0.15, 0.2) is 47.5 Å². The number of carbonyl (C=O) groups is 1. The van der Waals surface area contributed by atoms with E-state index in [1.54, 1.807) is 18.3 Å². The van der Waals surface area contributed by atoms with Crippen LogP contribution >= 0.6 is 11.6 Å². The number of benzene rings is 1. The molecule has 38 heavy (non-hydrogen) atoms. The number of nitrogens with one attached hydrogen (secondary N) is 1. The van der Waals surface area contributed by atoms with Crippen molar-refractivity contribution in [3.63, 3.8) is 0 Å². The summed E-state index contributed by atoms with van der Waals surface area (Å²) in [7, 11) is 0. The van der Waals surface area contributed by atoms with Crippen LogP contribution in [0.25, 0.3) is 0 Å². The van der Waals surface area contributed by atoms with Crippen molar-refractivity contribution in [3.8, 4) is 5.75 Å². The van der Waals surface area contributed by atoms with Gasteiger partial charge in [-0.3, -0.25) is 14.7 Å². The van der Waals surface area contributed by atoms with Gasteiger partial charge >= 0.3 is 0 Å². The number of pyridine rings is 1. The van der Waals surface area contributed by atoms with Crippen LogP contribution in [0.4, 0.5) is 8.78 Å². The Kier molecular flexibility index (Phi) is 7.92. The van der Waals surface area contributed by atoms with Gasteiger partial charge in [-0.15, -0.1) is 0 Å². The molecule has 2 aliphatic rings. The lowest BCUT2D eigenvalue weighted by Crippen LogP contribution is -2.42. The largest absolute Gasteiger partial charge is 0.484 e. The molecule has 1 saturated carbocycles. The average molecular weight is 547 g/mol. The quantitative estimate of drug-likeness (QED) is 0.396. The molecule has 0 saturated heterocycles. The van der Waals surface area contributed by atoms with E-state index in [0.29, 0.717) is 60.3 Å². The number of halogens is 3. The molecule has 202 valence electrons. The van der Waals surface area contributed by atoms with Crippen molar-refractivity contribution >= 4 is 17.5 Å². The van der Waals surface area contributed by atoms with Crippen molar-refractivity contribution in [3.05, 3.63) is 76.2 Å². The molecule has 3 aromatic rings. The van der Waals surface area contributed by atoms with Crippen molar-refractivity contribution in [1.29, 1.82) is 0 Å². The molecule has 2 aromatic heterocycles. The van der Waals surface area contributed by atoms with Gasteiger partial charge in [0, 0.05) is 56.5 Å². The van der Waals surface area contributed by atoms with Gasteiger partial charge in [-0.25, -0.2) is 13.8 Å². The van der Waals surface area contributed by atoms with E-state index in [1.165, 1.54) is 12.6 Å². The molecule has 1 aliphatic carbocycles. The number of hydrogen-bond donors (Lipinski definition) is 2. The summed E-state index contributed by atoms with van der Waals surface area (Å²) >= 11 is 6.60. The maximum absolute atomic E-state index is 13.1. The van der Waals surface area contributed by atoms with Crippen molar-refractivity contribution in [2.75, 3.05) is 19.6 Å². The van der Waals surface area contributed by atoms with Crippen molar-refractivity contribution in [2.24, 2.45) is 5.92 Å². The number of carbonyl (C=O) groups excluding carboxylic acids is 1. The molecular weight excluding hydrogens is 518 g/mol. The third kappa shape index (κ3) is 6.48. The number of aliphatic hydroxyl groups is 1. The highest BCUT2D eigenvalue weighted by atomic mass is 35.5. The molecule has 0 bridgehead atoms. The minimum absolute atomic E-state index is 0.0872. The topological polar surface area (TPSA) is 101 Å². The molecule has 1 atom stereocenters. The van der Waals surface area contributed by atoms with Crippen LogP contribution in [0.3, 0.4) is 0 Å². The van der Waals surface area contributed by atoms with Crippen LogP contribution in [0.1, 0.15) is 45.8 Å². The number of nitrogens with zero attached hydrogens (tertiary/aromatic N) is 3. The van der Waals surface area contributed by atoms with Crippen LogP contribution in [-0.2, 0) is 26.0 Å². The standard InChI is InChI=1S/C27H29ClF2N4O4/c28-25-23-4-6-34(13-19(23)1-2-24(25)37-15-22-12-31-16-38-22)14-21(35)11-33-26(36)18-3-5-32-20(8-18)7-17-9-27(29,30)10-17/h1-3,5,8,12,16-17,21,35H,4,6-7,9-11,13-15H2,(H,33,36)/t21-/m0/s1. The monoisotopic (exact) mass is 546 g/mol. The summed E-state index contributed by atoms with van der Waals surface area (Å²) in [6.45, 7) is 2.04. The van der Waals surface area contributed by atoms with Crippen molar-refractivity contribution in [1.82, 2.24) is 20.2 Å². The fourth-order valence-corrected chi connectivity index (χ4v) is 5.34. The average Bonchev–Trinajstić information content (AvgIpc) is 3.40. The third-order valence-corrected chi connectivity index (χ3v) is 7.36. The number of amides is 1. The van der Waals surface area contributed by atoms with E-state index < -0.39 is 12.0 Å². The number of β-amino-alcohol motifs (C(OH)–C–C–N with tert-alkyl or cyclic N) is 1. The highest BCUT2D eigenvalue weighted by molar-refractivity contribution is 6.33. The predicted molar refractivity (Wildman–Crippen MR) is 135 cm³/mol. The number of ether oxygens (including phenoxy) is 1. The zero-order chi connectivity index (χ0) is 26.7. The number of oxazole rings is 1. The van der Waals surface area contributed by atoms with E-state index in [2.05, 4.69) is 20.2 Å². The van der Waals surface area contributed by atoms with E-state index in [9.17, 15) is 18.7 Å². The Morgan fingerprint density at radius 1 is 1.34 bits per heavy atom. The number of aromatic nitrogens is 2. The number of aliphatic hydroxyl groups excluding tert-OH is 1. The highest BCUT2D eigenvalue weighted by Crippen LogP contribution is 2.43. The second-order valence-corrected chi connectivity index (χ2v) is 10.4. The molecule has 3 heterocycles. The predicted octanol–water partition coefficient (Wildman–Crippen LogP) is 4.04. The zero-order valence-electron chi connectivity index (χ0n) is 20.7. The lowest BCUT2D eigenvalue weighted by molar-refractivity contribution is -0.109. The maximum atomic E-state index is 13.1. The van der Waals surface area contributed by atoms with E-state index in [4.69, 9.17) is 20.8 Å². The van der Waals surface area contributed by atoms with Crippen molar-refractivity contribution < 1.29 is 27.8 Å². The minimum atomic E-state index is -2.57. The molecule has 1 amide bonds. The third-order valence-electron chi connectivity index (χ3n) is 6.95. The maximum Gasteiger partial charge on any atom is 0.251 e. The van der Waals surface area contributed by atoms with Gasteiger partial charge < -0.3 is 19.6 Å². The Hall–Kier alpha value is -3.08. The smallest absolute Gasteiger partial charge is 0.251 e. The second kappa shape index (κ2) is 11.3. The Bertz CT molecular complexity index is 1270. The Morgan fingerprint density at radius 2 is 2.18 bits per heavy atom. The summed E-state index contributed by atoms with van der Waals surface area (Å²) < 4.78 is 37.2. The molecule has 11 heteroatoms. The van der Waals surface area contributed by atoms with Crippen molar-refractivity contribution in [2.45, 2.75) is 50.9 Å². The van der Waals surface area contributed by atoms with Gasteiger partial charge in [0.05, 0.1) is 17.3 Å². The van der Waals surface area contributed by atoms with E-state index in [-0.39, 0.29) is 37.8 Å². The highest BCUT2D eigenvalue weighted by Gasteiger charge is 2.45. The van der Waals surface area contributed by atoms with Gasteiger partial charge in [-0.1, -0.05) is 17.7 Å². The summed E-state index contributed by atoms with van der Waals surface area (Å²) in [5.41, 5.74) is 3.12. The fraction of sp³-hybridized carbons (Fsp3) is 0.444. The molecule has 0 unspecified atom stereocenters. The van der Waals surface area contributed by atoms with Gasteiger partial charge in [-0.05, 0) is 48.1 Å². The van der Waals surface area contributed by atoms with Crippen LogP contribution in [0.2, 0.25) is 5.02 Å². The molecule has 2 N–H and O–H groups in total. The summed E-state index contributed by atoms with van der Waals surface area (Å²) in [5.74, 6) is -1.82. The summed E-state index contributed by atoms with van der Waals surface area (Å²) in [6.07, 6.45) is 4.55. The van der Waals surface area contributed by atoms with E-state index >= 15 is 0 Å². The van der Waals surface area contributed by atoms with Gasteiger partial charge in [-0.2, -0.15) is 0 Å². The first kappa shape index (κ1) is 26.5. The molecule has 0 spiro atoms. The molecule has 1 fully saturated rings. The Balaban J connectivity index is 1.09.